The molecule has 0 amide bonds. The predicted octanol–water partition coefficient (Wildman–Crippen LogP) is 2.70. The van der Waals surface area contributed by atoms with Crippen molar-refractivity contribution in [2.45, 2.75) is 13.1 Å². The van der Waals surface area contributed by atoms with Crippen molar-refractivity contribution in [3.05, 3.63) is 92.3 Å². The molecule has 0 aliphatic carbocycles. The second-order valence-electron chi connectivity index (χ2n) is 6.58. The van der Waals surface area contributed by atoms with Crippen molar-refractivity contribution in [2.75, 3.05) is 13.7 Å². The lowest BCUT2D eigenvalue weighted by atomic mass is 10.2. The second kappa shape index (κ2) is 8.06. The zero-order valence-electron chi connectivity index (χ0n) is 15.8. The average Bonchev–Trinajstić information content (AvgIpc) is 3.12. The summed E-state index contributed by atoms with van der Waals surface area (Å²) >= 11 is 6.09. The highest BCUT2D eigenvalue weighted by molar-refractivity contribution is 6.30. The van der Waals surface area contributed by atoms with Gasteiger partial charge in [0.25, 0.3) is 5.56 Å². The van der Waals surface area contributed by atoms with Crippen LogP contribution in [0.3, 0.4) is 0 Å². The van der Waals surface area contributed by atoms with Gasteiger partial charge in [0.15, 0.2) is 11.2 Å². The van der Waals surface area contributed by atoms with Crippen LogP contribution in [0.1, 0.15) is 5.56 Å². The van der Waals surface area contributed by atoms with Crippen LogP contribution in [-0.2, 0) is 17.8 Å². The Bertz CT molecular complexity index is 1270. The fourth-order valence-electron chi connectivity index (χ4n) is 3.32. The third kappa shape index (κ3) is 3.62. The van der Waals surface area contributed by atoms with Crippen molar-refractivity contribution >= 4 is 22.8 Å². The van der Waals surface area contributed by atoms with E-state index in [-0.39, 0.29) is 13.2 Å². The summed E-state index contributed by atoms with van der Waals surface area (Å²) < 4.78 is 9.48. The summed E-state index contributed by atoms with van der Waals surface area (Å²) in [5.41, 5.74) is 1.40. The molecule has 0 aliphatic heterocycles. The van der Waals surface area contributed by atoms with Crippen molar-refractivity contribution in [2.24, 2.45) is 0 Å². The summed E-state index contributed by atoms with van der Waals surface area (Å²) in [6.07, 6.45) is 1.58. The van der Waals surface area contributed by atoms with Gasteiger partial charge in [0.1, 0.15) is 0 Å². The normalized spacial score (nSPS) is 11.2. The zero-order valence-corrected chi connectivity index (χ0v) is 16.5. The molecule has 0 N–H and O–H groups in total. The minimum absolute atomic E-state index is 0.152. The largest absolute Gasteiger partial charge is 0.383 e. The van der Waals surface area contributed by atoms with Crippen LogP contribution in [0, 0.1) is 0 Å². The van der Waals surface area contributed by atoms with E-state index < -0.39 is 11.2 Å². The van der Waals surface area contributed by atoms with Gasteiger partial charge >= 0.3 is 5.69 Å². The first kappa shape index (κ1) is 19.2. The number of halogens is 1. The van der Waals surface area contributed by atoms with Gasteiger partial charge in [0.2, 0.25) is 0 Å². The van der Waals surface area contributed by atoms with E-state index >= 15 is 0 Å². The van der Waals surface area contributed by atoms with Gasteiger partial charge in [0, 0.05) is 18.7 Å². The van der Waals surface area contributed by atoms with Crippen molar-refractivity contribution in [1.29, 1.82) is 0 Å². The van der Waals surface area contributed by atoms with Gasteiger partial charge in [-0.2, -0.15) is 0 Å². The number of aromatic nitrogens is 4. The summed E-state index contributed by atoms with van der Waals surface area (Å²) in [6, 6.07) is 16.6. The Labute approximate surface area is 171 Å². The van der Waals surface area contributed by atoms with Crippen molar-refractivity contribution in [1.82, 2.24) is 18.7 Å². The molecule has 7 nitrogen and oxygen atoms in total. The lowest BCUT2D eigenvalue weighted by Crippen LogP contribution is -2.41. The van der Waals surface area contributed by atoms with Gasteiger partial charge in [-0.1, -0.05) is 41.9 Å². The number of hydrogen-bond acceptors (Lipinski definition) is 4. The first-order valence-corrected chi connectivity index (χ1v) is 9.47. The number of imidazole rings is 1. The Morgan fingerprint density at radius 1 is 1.07 bits per heavy atom. The van der Waals surface area contributed by atoms with Crippen LogP contribution in [0.15, 0.2) is 70.5 Å². The summed E-state index contributed by atoms with van der Waals surface area (Å²) in [7, 11) is 1.53. The molecular weight excluding hydrogens is 392 g/mol. The molecular formula is C21H19ClN4O3. The molecule has 2 heterocycles. The van der Waals surface area contributed by atoms with Gasteiger partial charge in [0.05, 0.1) is 25.2 Å². The van der Waals surface area contributed by atoms with E-state index in [4.69, 9.17) is 16.3 Å². The van der Waals surface area contributed by atoms with E-state index in [1.807, 2.05) is 48.5 Å². The van der Waals surface area contributed by atoms with Gasteiger partial charge in [-0.15, -0.1) is 0 Å². The molecule has 0 atom stereocenters. The Balaban J connectivity index is 1.97. The van der Waals surface area contributed by atoms with Crippen molar-refractivity contribution in [3.63, 3.8) is 0 Å². The Morgan fingerprint density at radius 2 is 1.86 bits per heavy atom. The molecule has 29 heavy (non-hydrogen) atoms. The standard InChI is InChI=1S/C21H19ClN4O3/c1-29-11-10-25-20(27)18-19(26(21(25)28)17-8-3-2-4-9-17)23-14-24(18)13-15-6-5-7-16(22)12-15/h2-9,12,14H,10-11,13H2,1H3. The number of fused-ring (bicyclic) bond motifs is 1. The highest BCUT2D eigenvalue weighted by Crippen LogP contribution is 2.16. The highest BCUT2D eigenvalue weighted by atomic mass is 35.5. The first-order chi connectivity index (χ1) is 14.1. The molecule has 148 valence electrons. The summed E-state index contributed by atoms with van der Waals surface area (Å²) in [4.78, 5) is 30.7. The smallest absolute Gasteiger partial charge is 0.337 e. The zero-order chi connectivity index (χ0) is 20.4. The Morgan fingerprint density at radius 3 is 2.59 bits per heavy atom. The maximum absolute atomic E-state index is 13.2. The molecule has 0 saturated heterocycles. The second-order valence-corrected chi connectivity index (χ2v) is 7.01. The average molecular weight is 411 g/mol. The van der Waals surface area contributed by atoms with Gasteiger partial charge < -0.3 is 9.30 Å². The van der Waals surface area contributed by atoms with Crippen LogP contribution in [-0.4, -0.2) is 32.4 Å². The van der Waals surface area contributed by atoms with Crippen LogP contribution in [0.2, 0.25) is 5.02 Å². The topological polar surface area (TPSA) is 71.1 Å². The lowest BCUT2D eigenvalue weighted by Gasteiger charge is -2.12. The molecule has 8 heteroatoms. The number of nitrogens with zero attached hydrogens (tertiary/aromatic N) is 4. The maximum Gasteiger partial charge on any atom is 0.337 e. The third-order valence-corrected chi connectivity index (χ3v) is 4.91. The molecule has 4 aromatic rings. The minimum Gasteiger partial charge on any atom is -0.383 e. The van der Waals surface area contributed by atoms with E-state index in [0.717, 1.165) is 5.56 Å². The Hall–Kier alpha value is -3.16. The van der Waals surface area contributed by atoms with Crippen LogP contribution >= 0.6 is 11.6 Å². The van der Waals surface area contributed by atoms with Crippen LogP contribution < -0.4 is 11.2 Å². The number of para-hydroxylation sites is 1. The van der Waals surface area contributed by atoms with E-state index in [0.29, 0.717) is 28.4 Å². The first-order valence-electron chi connectivity index (χ1n) is 9.09. The van der Waals surface area contributed by atoms with Crippen LogP contribution in [0.25, 0.3) is 16.9 Å². The lowest BCUT2D eigenvalue weighted by molar-refractivity contribution is 0.184. The monoisotopic (exact) mass is 410 g/mol. The quantitative estimate of drug-likeness (QED) is 0.490. The molecule has 0 bridgehead atoms. The summed E-state index contributed by atoms with van der Waals surface area (Å²) in [5.74, 6) is 0. The van der Waals surface area contributed by atoms with E-state index in [1.165, 1.54) is 16.2 Å². The van der Waals surface area contributed by atoms with E-state index in [9.17, 15) is 9.59 Å². The maximum atomic E-state index is 13.2. The van der Waals surface area contributed by atoms with Gasteiger partial charge in [-0.05, 0) is 29.8 Å². The molecule has 0 saturated carbocycles. The molecule has 2 aromatic carbocycles. The van der Waals surface area contributed by atoms with E-state index in [1.54, 1.807) is 17.0 Å². The third-order valence-electron chi connectivity index (χ3n) is 4.68. The van der Waals surface area contributed by atoms with Crippen LogP contribution in [0.5, 0.6) is 0 Å². The molecule has 0 aliphatic rings. The van der Waals surface area contributed by atoms with Crippen LogP contribution in [0.4, 0.5) is 0 Å². The highest BCUT2D eigenvalue weighted by Gasteiger charge is 2.19. The number of ether oxygens (including phenoxy) is 1. The van der Waals surface area contributed by atoms with Gasteiger partial charge in [-0.25, -0.2) is 14.3 Å². The SMILES string of the molecule is COCCn1c(=O)c2c(ncn2Cc2cccc(Cl)c2)n(-c2ccccc2)c1=O. The van der Waals surface area contributed by atoms with Crippen molar-refractivity contribution in [3.8, 4) is 5.69 Å². The number of rotatable bonds is 6. The molecule has 0 spiro atoms. The molecule has 0 radical (unpaired) electrons. The molecule has 2 aromatic heterocycles. The molecule has 4 rings (SSSR count). The number of hydrogen-bond donors (Lipinski definition) is 0. The summed E-state index contributed by atoms with van der Waals surface area (Å²) in [6.45, 7) is 0.806. The fourth-order valence-corrected chi connectivity index (χ4v) is 3.53. The molecule has 0 unspecified atom stereocenters. The van der Waals surface area contributed by atoms with Crippen molar-refractivity contribution < 1.29 is 4.74 Å². The number of benzene rings is 2. The van der Waals surface area contributed by atoms with E-state index in [2.05, 4.69) is 4.98 Å². The molecule has 0 fully saturated rings. The minimum atomic E-state index is -0.446. The fraction of sp³-hybridized carbons (Fsp3) is 0.190. The van der Waals surface area contributed by atoms with Gasteiger partial charge in [-0.3, -0.25) is 9.36 Å². The predicted molar refractivity (Wildman–Crippen MR) is 112 cm³/mol. The summed E-state index contributed by atoms with van der Waals surface area (Å²) in [5, 5.41) is 0.616. The number of methoxy groups -OCH3 is 1. The Kier molecular flexibility index (Phi) is 5.33.